The second kappa shape index (κ2) is 13.9. The molecule has 0 aliphatic heterocycles. The maximum Gasteiger partial charge on any atom is 0.310 e. The standard InChI is InChI=1S/C33H34ClNO5S/c1-2-31(33(37)38)26-13-17-30(18-14-26)41(39,40)29-15-11-24(12-16-29)19-20-35(22-25-7-4-3-5-8-25)23-32(36)27-9-6-10-28(34)21-27/h3-18,21,31-32,36H,2,19-20,22-23H2,1H3,(H,37,38). The van der Waals surface area contributed by atoms with Crippen molar-refractivity contribution in [2.24, 2.45) is 0 Å². The normalized spacial score (nSPS) is 13.2. The predicted molar refractivity (Wildman–Crippen MR) is 161 cm³/mol. The van der Waals surface area contributed by atoms with Crippen LogP contribution in [0, 0.1) is 0 Å². The van der Waals surface area contributed by atoms with Crippen molar-refractivity contribution < 1.29 is 23.4 Å². The van der Waals surface area contributed by atoms with E-state index in [9.17, 15) is 23.4 Å². The Bertz CT molecular complexity index is 1540. The van der Waals surface area contributed by atoms with E-state index in [1.54, 1.807) is 43.3 Å². The van der Waals surface area contributed by atoms with Crippen molar-refractivity contribution in [2.75, 3.05) is 13.1 Å². The van der Waals surface area contributed by atoms with Crippen LogP contribution in [0.4, 0.5) is 0 Å². The number of rotatable bonds is 13. The molecule has 0 heterocycles. The van der Waals surface area contributed by atoms with Gasteiger partial charge < -0.3 is 10.2 Å². The van der Waals surface area contributed by atoms with Gasteiger partial charge in [0.2, 0.25) is 9.84 Å². The zero-order valence-corrected chi connectivity index (χ0v) is 24.4. The Morgan fingerprint density at radius 2 is 1.46 bits per heavy atom. The maximum atomic E-state index is 13.2. The molecule has 0 amide bonds. The molecule has 4 aromatic rings. The van der Waals surface area contributed by atoms with Crippen LogP contribution in [0.25, 0.3) is 0 Å². The molecule has 0 fully saturated rings. The van der Waals surface area contributed by atoms with Crippen LogP contribution in [0.1, 0.15) is 47.6 Å². The first-order valence-corrected chi connectivity index (χ1v) is 15.4. The van der Waals surface area contributed by atoms with Crippen LogP contribution in [0.5, 0.6) is 0 Å². The van der Waals surface area contributed by atoms with Gasteiger partial charge in [-0.15, -0.1) is 0 Å². The Kier molecular flexibility index (Phi) is 10.3. The molecule has 2 unspecified atom stereocenters. The fraction of sp³-hybridized carbons (Fsp3) is 0.242. The second-order valence-corrected chi connectivity index (χ2v) is 12.4. The second-order valence-electron chi connectivity index (χ2n) is 10.1. The Labute approximate surface area is 246 Å². The third kappa shape index (κ3) is 8.05. The van der Waals surface area contributed by atoms with Gasteiger partial charge >= 0.3 is 5.97 Å². The van der Waals surface area contributed by atoms with Crippen LogP contribution in [-0.4, -0.2) is 42.6 Å². The highest BCUT2D eigenvalue weighted by molar-refractivity contribution is 7.91. The molecule has 0 saturated heterocycles. The van der Waals surface area contributed by atoms with E-state index in [0.29, 0.717) is 43.1 Å². The van der Waals surface area contributed by atoms with Gasteiger partial charge in [-0.05, 0) is 71.5 Å². The van der Waals surface area contributed by atoms with Crippen LogP contribution < -0.4 is 0 Å². The van der Waals surface area contributed by atoms with Gasteiger partial charge in [-0.25, -0.2) is 8.42 Å². The number of hydrogen-bond acceptors (Lipinski definition) is 5. The number of carboxylic acids is 1. The Balaban J connectivity index is 1.45. The van der Waals surface area contributed by atoms with Gasteiger partial charge in [0.25, 0.3) is 0 Å². The van der Waals surface area contributed by atoms with E-state index in [4.69, 9.17) is 11.6 Å². The summed E-state index contributed by atoms with van der Waals surface area (Å²) >= 11 is 6.13. The van der Waals surface area contributed by atoms with Crippen molar-refractivity contribution in [3.8, 4) is 0 Å². The number of aliphatic hydroxyl groups is 1. The summed E-state index contributed by atoms with van der Waals surface area (Å²) in [7, 11) is -3.75. The van der Waals surface area contributed by atoms with E-state index < -0.39 is 27.8 Å². The SMILES string of the molecule is CCC(C(=O)O)c1ccc(S(=O)(=O)c2ccc(CCN(Cc3ccccc3)CC(O)c3cccc(Cl)c3)cc2)cc1. The van der Waals surface area contributed by atoms with E-state index in [-0.39, 0.29) is 9.79 Å². The third-order valence-electron chi connectivity index (χ3n) is 7.16. The molecule has 8 heteroatoms. The quantitative estimate of drug-likeness (QED) is 0.184. The lowest BCUT2D eigenvalue weighted by molar-refractivity contribution is -0.138. The first kappa shape index (κ1) is 30.5. The first-order valence-electron chi connectivity index (χ1n) is 13.5. The topological polar surface area (TPSA) is 94.9 Å². The number of halogens is 1. The number of nitrogens with zero attached hydrogens (tertiary/aromatic N) is 1. The molecule has 0 aliphatic carbocycles. The van der Waals surface area contributed by atoms with Gasteiger partial charge in [-0.3, -0.25) is 9.69 Å². The summed E-state index contributed by atoms with van der Waals surface area (Å²) < 4.78 is 26.4. The van der Waals surface area contributed by atoms with Gasteiger partial charge in [0.1, 0.15) is 0 Å². The number of hydrogen-bond donors (Lipinski definition) is 2. The van der Waals surface area contributed by atoms with Crippen LogP contribution in [0.2, 0.25) is 5.02 Å². The van der Waals surface area contributed by atoms with Gasteiger partial charge in [-0.2, -0.15) is 0 Å². The largest absolute Gasteiger partial charge is 0.481 e. The van der Waals surface area contributed by atoms with E-state index in [0.717, 1.165) is 16.7 Å². The zero-order valence-electron chi connectivity index (χ0n) is 22.9. The predicted octanol–water partition coefficient (Wildman–Crippen LogP) is 6.53. The van der Waals surface area contributed by atoms with Gasteiger partial charge in [-0.1, -0.05) is 85.3 Å². The summed E-state index contributed by atoms with van der Waals surface area (Å²) in [4.78, 5) is 13.9. The fourth-order valence-electron chi connectivity index (χ4n) is 4.83. The summed E-state index contributed by atoms with van der Waals surface area (Å²) in [5.74, 6) is -1.60. The lowest BCUT2D eigenvalue weighted by atomic mass is 9.97. The average Bonchev–Trinajstić information content (AvgIpc) is 2.97. The number of aliphatic carboxylic acids is 1. The van der Waals surface area contributed by atoms with E-state index in [1.807, 2.05) is 42.5 Å². The van der Waals surface area contributed by atoms with Crippen molar-refractivity contribution in [3.05, 3.63) is 130 Å². The van der Waals surface area contributed by atoms with Crippen LogP contribution >= 0.6 is 11.6 Å². The minimum atomic E-state index is -3.75. The van der Waals surface area contributed by atoms with Crippen molar-refractivity contribution in [3.63, 3.8) is 0 Å². The van der Waals surface area contributed by atoms with Crippen molar-refractivity contribution >= 4 is 27.4 Å². The van der Waals surface area contributed by atoms with Gasteiger partial charge in [0, 0.05) is 24.7 Å². The van der Waals surface area contributed by atoms with Crippen LogP contribution in [-0.2, 0) is 27.6 Å². The van der Waals surface area contributed by atoms with E-state index >= 15 is 0 Å². The summed E-state index contributed by atoms with van der Waals surface area (Å²) in [6.45, 7) is 3.51. The number of aliphatic hydroxyl groups excluding tert-OH is 1. The summed E-state index contributed by atoms with van der Waals surface area (Å²) in [5, 5.41) is 20.9. The molecule has 4 aromatic carbocycles. The highest BCUT2D eigenvalue weighted by Crippen LogP contribution is 2.26. The van der Waals surface area contributed by atoms with Crippen LogP contribution in [0.15, 0.2) is 113 Å². The fourth-order valence-corrected chi connectivity index (χ4v) is 6.29. The molecule has 0 aliphatic rings. The van der Waals surface area contributed by atoms with Crippen molar-refractivity contribution in [1.29, 1.82) is 0 Å². The van der Waals surface area contributed by atoms with E-state index in [2.05, 4.69) is 17.0 Å². The molecule has 0 bridgehead atoms. The Morgan fingerprint density at radius 1 is 0.829 bits per heavy atom. The lowest BCUT2D eigenvalue weighted by Crippen LogP contribution is -2.30. The van der Waals surface area contributed by atoms with Crippen LogP contribution in [0.3, 0.4) is 0 Å². The smallest absolute Gasteiger partial charge is 0.310 e. The molecule has 41 heavy (non-hydrogen) atoms. The molecular weight excluding hydrogens is 558 g/mol. The van der Waals surface area contributed by atoms with E-state index in [1.165, 1.54) is 12.1 Å². The minimum Gasteiger partial charge on any atom is -0.481 e. The first-order chi connectivity index (χ1) is 19.7. The molecule has 4 rings (SSSR count). The third-order valence-corrected chi connectivity index (χ3v) is 9.18. The molecule has 0 radical (unpaired) electrons. The monoisotopic (exact) mass is 591 g/mol. The maximum absolute atomic E-state index is 13.2. The summed E-state index contributed by atoms with van der Waals surface area (Å²) in [6, 6.07) is 30.2. The molecule has 2 atom stereocenters. The molecule has 6 nitrogen and oxygen atoms in total. The molecule has 2 N–H and O–H groups in total. The molecular formula is C33H34ClNO5S. The summed E-state index contributed by atoms with van der Waals surface area (Å²) in [5.41, 5.74) is 3.44. The zero-order chi connectivity index (χ0) is 29.4. The molecule has 0 aromatic heterocycles. The Morgan fingerprint density at radius 3 is 2.05 bits per heavy atom. The average molecular weight is 592 g/mol. The van der Waals surface area contributed by atoms with Gasteiger partial charge in [0.05, 0.1) is 21.8 Å². The number of benzene rings is 4. The number of sulfone groups is 1. The minimum absolute atomic E-state index is 0.123. The molecule has 0 saturated carbocycles. The number of carboxylic acid groups (broad SMARTS) is 1. The highest BCUT2D eigenvalue weighted by Gasteiger charge is 2.21. The highest BCUT2D eigenvalue weighted by atomic mass is 35.5. The lowest BCUT2D eigenvalue weighted by Gasteiger charge is -2.25. The number of carbonyl (C=O) groups is 1. The van der Waals surface area contributed by atoms with Crippen molar-refractivity contribution in [1.82, 2.24) is 4.90 Å². The Hall–Kier alpha value is -3.49. The van der Waals surface area contributed by atoms with Gasteiger partial charge in [0.15, 0.2) is 0 Å². The summed E-state index contributed by atoms with van der Waals surface area (Å²) in [6.07, 6.45) is 0.377. The molecule has 214 valence electrons. The molecule has 0 spiro atoms. The van der Waals surface area contributed by atoms with Crippen molar-refractivity contribution in [2.45, 2.75) is 48.1 Å².